The van der Waals surface area contributed by atoms with Crippen molar-refractivity contribution in [3.05, 3.63) is 51.7 Å². The number of rotatable bonds is 3. The van der Waals surface area contributed by atoms with Crippen LogP contribution in [-0.4, -0.2) is 14.7 Å². The summed E-state index contributed by atoms with van der Waals surface area (Å²) >= 11 is 0. The Balaban J connectivity index is 2.34. The molecule has 0 saturated heterocycles. The third-order valence-corrected chi connectivity index (χ3v) is 2.38. The molecule has 0 amide bonds. The van der Waals surface area contributed by atoms with E-state index in [1.54, 1.807) is 0 Å². The second-order valence-corrected chi connectivity index (χ2v) is 3.57. The summed E-state index contributed by atoms with van der Waals surface area (Å²) in [4.78, 5) is 9.85. The number of hydrogen-bond acceptors (Lipinski definition) is 4. The minimum Gasteiger partial charge on any atom is -0.378 e. The van der Waals surface area contributed by atoms with Gasteiger partial charge in [-0.25, -0.2) is 13.5 Å². The van der Waals surface area contributed by atoms with E-state index < -0.39 is 16.6 Å². The number of benzene rings is 1. The molecule has 0 unspecified atom stereocenters. The van der Waals surface area contributed by atoms with E-state index >= 15 is 0 Å². The number of nitro groups is 1. The number of hydrogen-bond donors (Lipinski definition) is 1. The van der Waals surface area contributed by atoms with Crippen LogP contribution in [-0.2, 0) is 6.54 Å². The van der Waals surface area contributed by atoms with E-state index in [1.165, 1.54) is 0 Å². The Morgan fingerprint density at radius 2 is 2.17 bits per heavy atom. The average molecular weight is 254 g/mol. The molecule has 0 saturated carbocycles. The Bertz CT molecular complexity index is 612. The Morgan fingerprint density at radius 3 is 2.78 bits per heavy atom. The first kappa shape index (κ1) is 12.0. The second kappa shape index (κ2) is 4.40. The van der Waals surface area contributed by atoms with Crippen molar-refractivity contribution in [1.29, 1.82) is 0 Å². The van der Waals surface area contributed by atoms with Crippen LogP contribution in [0.5, 0.6) is 0 Å². The summed E-state index contributed by atoms with van der Waals surface area (Å²) in [6, 6.07) is 2.94. The van der Waals surface area contributed by atoms with Crippen LogP contribution in [0.15, 0.2) is 24.4 Å². The van der Waals surface area contributed by atoms with E-state index in [-0.39, 0.29) is 23.6 Å². The quantitative estimate of drug-likeness (QED) is 0.667. The number of nitrogen functional groups attached to an aromatic ring is 1. The molecule has 94 valence electrons. The molecule has 18 heavy (non-hydrogen) atoms. The summed E-state index contributed by atoms with van der Waals surface area (Å²) in [6.07, 6.45) is 0.965. The van der Waals surface area contributed by atoms with Gasteiger partial charge in [-0.3, -0.25) is 10.1 Å². The summed E-state index contributed by atoms with van der Waals surface area (Å²) in [5, 5.41) is 14.2. The molecule has 2 N–H and O–H groups in total. The molecular formula is C10H8F2N4O2. The topological polar surface area (TPSA) is 87.0 Å². The molecule has 0 aliphatic heterocycles. The molecule has 0 bridgehead atoms. The van der Waals surface area contributed by atoms with Crippen molar-refractivity contribution >= 4 is 11.5 Å². The van der Waals surface area contributed by atoms with Gasteiger partial charge in [0.2, 0.25) is 5.82 Å². The summed E-state index contributed by atoms with van der Waals surface area (Å²) < 4.78 is 27.4. The zero-order chi connectivity index (χ0) is 13.3. The molecule has 0 radical (unpaired) electrons. The zero-order valence-corrected chi connectivity index (χ0v) is 9.01. The van der Waals surface area contributed by atoms with Crippen LogP contribution >= 0.6 is 0 Å². The van der Waals surface area contributed by atoms with E-state index in [9.17, 15) is 18.9 Å². The molecule has 0 aliphatic carbocycles. The molecule has 1 heterocycles. The normalized spacial score (nSPS) is 10.6. The maximum absolute atomic E-state index is 13.4. The van der Waals surface area contributed by atoms with Crippen LogP contribution < -0.4 is 5.73 Å². The van der Waals surface area contributed by atoms with Crippen LogP contribution in [0.1, 0.15) is 5.56 Å². The number of anilines is 1. The lowest BCUT2D eigenvalue weighted by molar-refractivity contribution is -0.384. The van der Waals surface area contributed by atoms with Gasteiger partial charge in [0.25, 0.3) is 0 Å². The van der Waals surface area contributed by atoms with Gasteiger partial charge >= 0.3 is 5.69 Å². The molecule has 0 fully saturated rings. The molecule has 8 heteroatoms. The monoisotopic (exact) mass is 254 g/mol. The SMILES string of the molecule is Nc1c([N+](=O)[O-])cnn1Cc1cc(F)ccc1F. The van der Waals surface area contributed by atoms with Crippen molar-refractivity contribution in [3.8, 4) is 0 Å². The highest BCUT2D eigenvalue weighted by molar-refractivity contribution is 5.51. The highest BCUT2D eigenvalue weighted by atomic mass is 19.1. The van der Waals surface area contributed by atoms with E-state index in [2.05, 4.69) is 5.10 Å². The number of nitrogens with zero attached hydrogens (tertiary/aromatic N) is 3. The average Bonchev–Trinajstić information content (AvgIpc) is 2.66. The Hall–Kier alpha value is -2.51. The van der Waals surface area contributed by atoms with Crippen molar-refractivity contribution in [3.63, 3.8) is 0 Å². The van der Waals surface area contributed by atoms with Gasteiger partial charge in [-0.2, -0.15) is 5.10 Å². The molecule has 6 nitrogen and oxygen atoms in total. The van der Waals surface area contributed by atoms with E-state index in [1.807, 2.05) is 0 Å². The van der Waals surface area contributed by atoms with Crippen molar-refractivity contribution in [2.24, 2.45) is 0 Å². The third kappa shape index (κ3) is 2.12. The van der Waals surface area contributed by atoms with Crippen molar-refractivity contribution in [2.45, 2.75) is 6.54 Å². The van der Waals surface area contributed by atoms with E-state index in [0.717, 1.165) is 29.1 Å². The fraction of sp³-hybridized carbons (Fsp3) is 0.100. The van der Waals surface area contributed by atoms with Gasteiger partial charge in [0.15, 0.2) is 0 Å². The first-order valence-electron chi connectivity index (χ1n) is 4.88. The van der Waals surface area contributed by atoms with Crippen molar-refractivity contribution in [1.82, 2.24) is 9.78 Å². The third-order valence-electron chi connectivity index (χ3n) is 2.38. The highest BCUT2D eigenvalue weighted by Crippen LogP contribution is 2.21. The standard InChI is InChI=1S/C10H8F2N4O2/c11-7-1-2-8(12)6(3-7)5-15-10(13)9(4-14-15)16(17)18/h1-4H,5,13H2. The first-order chi connectivity index (χ1) is 8.49. The maximum Gasteiger partial charge on any atom is 0.330 e. The van der Waals surface area contributed by atoms with Crippen LogP contribution in [0.25, 0.3) is 0 Å². The molecule has 2 aromatic rings. The lowest BCUT2D eigenvalue weighted by Gasteiger charge is -2.05. The van der Waals surface area contributed by atoms with E-state index in [0.29, 0.717) is 0 Å². The molecule has 0 atom stereocenters. The lowest BCUT2D eigenvalue weighted by atomic mass is 10.2. The van der Waals surface area contributed by atoms with Crippen LogP contribution in [0.2, 0.25) is 0 Å². The zero-order valence-electron chi connectivity index (χ0n) is 9.01. The Kier molecular flexibility index (Phi) is 2.92. The smallest absolute Gasteiger partial charge is 0.330 e. The predicted molar refractivity (Wildman–Crippen MR) is 58.8 cm³/mol. The summed E-state index contributed by atoms with van der Waals surface area (Å²) in [5.74, 6) is -1.44. The number of aromatic nitrogens is 2. The van der Waals surface area contributed by atoms with Crippen molar-refractivity contribution < 1.29 is 13.7 Å². The van der Waals surface area contributed by atoms with E-state index in [4.69, 9.17) is 5.73 Å². The Labute approximate surface area is 99.8 Å². The van der Waals surface area contributed by atoms with Gasteiger partial charge in [0, 0.05) is 5.56 Å². The molecular weight excluding hydrogens is 246 g/mol. The first-order valence-corrected chi connectivity index (χ1v) is 4.88. The lowest BCUT2D eigenvalue weighted by Crippen LogP contribution is -2.08. The molecule has 1 aromatic carbocycles. The minimum absolute atomic E-state index is 0.0136. The Morgan fingerprint density at radius 1 is 1.44 bits per heavy atom. The fourth-order valence-electron chi connectivity index (χ4n) is 1.48. The van der Waals surface area contributed by atoms with Gasteiger partial charge < -0.3 is 5.73 Å². The maximum atomic E-state index is 13.4. The van der Waals surface area contributed by atoms with Gasteiger partial charge in [0.1, 0.15) is 17.8 Å². The van der Waals surface area contributed by atoms with Gasteiger partial charge in [-0.05, 0) is 18.2 Å². The van der Waals surface area contributed by atoms with Gasteiger partial charge in [-0.15, -0.1) is 0 Å². The van der Waals surface area contributed by atoms with Crippen molar-refractivity contribution in [2.75, 3.05) is 5.73 Å². The number of nitrogens with two attached hydrogens (primary N) is 1. The molecule has 2 rings (SSSR count). The summed E-state index contributed by atoms with van der Waals surface area (Å²) in [7, 11) is 0. The second-order valence-electron chi connectivity index (χ2n) is 3.57. The van der Waals surface area contributed by atoms with Crippen LogP contribution in [0.4, 0.5) is 20.3 Å². The minimum atomic E-state index is -0.694. The summed E-state index contributed by atoms with van der Waals surface area (Å²) in [6.45, 7) is -0.177. The number of halogens is 2. The van der Waals surface area contributed by atoms with Crippen LogP contribution in [0, 0.1) is 21.7 Å². The fourth-order valence-corrected chi connectivity index (χ4v) is 1.48. The molecule has 0 spiro atoms. The van der Waals surface area contributed by atoms with Gasteiger partial charge in [0.05, 0.1) is 11.5 Å². The predicted octanol–water partition coefficient (Wildman–Crippen LogP) is 1.70. The van der Waals surface area contributed by atoms with Crippen LogP contribution in [0.3, 0.4) is 0 Å². The van der Waals surface area contributed by atoms with Gasteiger partial charge in [-0.1, -0.05) is 0 Å². The largest absolute Gasteiger partial charge is 0.378 e. The molecule has 1 aromatic heterocycles. The highest BCUT2D eigenvalue weighted by Gasteiger charge is 2.18. The summed E-state index contributed by atoms with van der Waals surface area (Å²) in [5.41, 5.74) is 5.13. The molecule has 0 aliphatic rings.